The normalized spacial score (nSPS) is 10.9. The second-order valence-corrected chi connectivity index (χ2v) is 5.40. The zero-order valence-corrected chi connectivity index (χ0v) is 12.4. The van der Waals surface area contributed by atoms with Crippen LogP contribution in [-0.4, -0.2) is 21.0 Å². The number of aromatic carboxylic acids is 1. The van der Waals surface area contributed by atoms with Crippen molar-refractivity contribution in [2.24, 2.45) is 0 Å². The molecule has 23 heavy (non-hydrogen) atoms. The molecule has 0 aliphatic heterocycles. The fraction of sp³-hybridized carbons (Fsp3) is 0.0625. The molecule has 0 bridgehead atoms. The van der Waals surface area contributed by atoms with Gasteiger partial charge in [-0.2, -0.15) is 0 Å². The highest BCUT2D eigenvalue weighted by atomic mass is 35.5. The maximum Gasteiger partial charge on any atom is 0.335 e. The van der Waals surface area contributed by atoms with Crippen LogP contribution in [0.3, 0.4) is 0 Å². The fourth-order valence-electron chi connectivity index (χ4n) is 2.25. The number of aromatic nitrogens is 2. The summed E-state index contributed by atoms with van der Waals surface area (Å²) in [6, 6.07) is 8.28. The van der Waals surface area contributed by atoms with Crippen molar-refractivity contribution in [3.05, 3.63) is 74.5 Å². The molecule has 0 fully saturated rings. The van der Waals surface area contributed by atoms with E-state index in [1.54, 1.807) is 6.07 Å². The smallest absolute Gasteiger partial charge is 0.335 e. The zero-order valence-electron chi connectivity index (χ0n) is 11.6. The molecule has 2 N–H and O–H groups in total. The largest absolute Gasteiger partial charge is 0.478 e. The van der Waals surface area contributed by atoms with E-state index in [4.69, 9.17) is 16.7 Å². The molecular weight excluding hydrogens is 323 g/mol. The SMILES string of the molecule is O=C(O)c1ccc2c(=O)[nH]c(Cc3ccc(Cl)cc3F)nc2c1. The van der Waals surface area contributed by atoms with E-state index in [0.717, 1.165) is 0 Å². The average molecular weight is 333 g/mol. The van der Waals surface area contributed by atoms with Crippen LogP contribution < -0.4 is 5.56 Å². The number of hydrogen-bond donors (Lipinski definition) is 2. The van der Waals surface area contributed by atoms with Crippen LogP contribution in [0.2, 0.25) is 5.02 Å². The first-order chi connectivity index (χ1) is 10.9. The quantitative estimate of drug-likeness (QED) is 0.772. The number of carboxylic acids is 1. The molecule has 0 saturated carbocycles. The summed E-state index contributed by atoms with van der Waals surface area (Å²) in [7, 11) is 0. The van der Waals surface area contributed by atoms with Gasteiger partial charge in [-0.25, -0.2) is 14.2 Å². The maximum absolute atomic E-state index is 13.8. The molecule has 3 aromatic rings. The van der Waals surface area contributed by atoms with Crippen LogP contribution in [0.5, 0.6) is 0 Å². The monoisotopic (exact) mass is 332 g/mol. The van der Waals surface area contributed by atoms with E-state index >= 15 is 0 Å². The van der Waals surface area contributed by atoms with Gasteiger partial charge >= 0.3 is 5.97 Å². The van der Waals surface area contributed by atoms with Gasteiger partial charge in [0.05, 0.1) is 16.5 Å². The number of carboxylic acid groups (broad SMARTS) is 1. The van der Waals surface area contributed by atoms with Gasteiger partial charge in [0.2, 0.25) is 0 Å². The van der Waals surface area contributed by atoms with Gasteiger partial charge in [-0.3, -0.25) is 4.79 Å². The number of carbonyl (C=O) groups is 1. The summed E-state index contributed by atoms with van der Waals surface area (Å²) in [5.41, 5.74) is 0.194. The first-order valence-electron chi connectivity index (χ1n) is 6.64. The van der Waals surface area contributed by atoms with Crippen molar-refractivity contribution in [2.75, 3.05) is 0 Å². The topological polar surface area (TPSA) is 83.0 Å². The van der Waals surface area contributed by atoms with Crippen LogP contribution in [-0.2, 0) is 6.42 Å². The Morgan fingerprint density at radius 1 is 1.26 bits per heavy atom. The second-order valence-electron chi connectivity index (χ2n) is 4.96. The van der Waals surface area contributed by atoms with Crippen LogP contribution >= 0.6 is 11.6 Å². The summed E-state index contributed by atoms with van der Waals surface area (Å²) < 4.78 is 13.8. The second kappa shape index (κ2) is 5.81. The van der Waals surface area contributed by atoms with Gasteiger partial charge in [0.1, 0.15) is 11.6 Å². The highest BCUT2D eigenvalue weighted by molar-refractivity contribution is 6.30. The van der Waals surface area contributed by atoms with Crippen LogP contribution in [0.15, 0.2) is 41.2 Å². The third-order valence-corrected chi connectivity index (χ3v) is 3.61. The van der Waals surface area contributed by atoms with Crippen LogP contribution in [0.4, 0.5) is 4.39 Å². The van der Waals surface area contributed by atoms with Gasteiger partial charge < -0.3 is 10.1 Å². The van der Waals surface area contributed by atoms with Crippen LogP contribution in [0, 0.1) is 5.82 Å². The Kier molecular flexibility index (Phi) is 3.83. The lowest BCUT2D eigenvalue weighted by Gasteiger charge is -2.05. The lowest BCUT2D eigenvalue weighted by Crippen LogP contribution is -2.13. The maximum atomic E-state index is 13.8. The minimum absolute atomic E-state index is 0.0271. The molecule has 0 unspecified atom stereocenters. The molecule has 0 radical (unpaired) electrons. The van der Waals surface area contributed by atoms with Crippen LogP contribution in [0.25, 0.3) is 10.9 Å². The molecule has 116 valence electrons. The molecule has 1 heterocycles. The van der Waals surface area contributed by atoms with E-state index in [1.807, 2.05) is 0 Å². The number of hydrogen-bond acceptors (Lipinski definition) is 3. The standard InChI is InChI=1S/C16H10ClFN2O3/c17-10-3-1-8(12(18)7-10)6-14-19-13-5-9(16(22)23)2-4-11(13)15(21)20-14/h1-5,7H,6H2,(H,22,23)(H,19,20,21). The minimum Gasteiger partial charge on any atom is -0.478 e. The van der Waals surface area contributed by atoms with Gasteiger partial charge in [-0.05, 0) is 35.9 Å². The molecule has 3 rings (SSSR count). The number of benzene rings is 2. The van der Waals surface area contributed by atoms with E-state index in [1.165, 1.54) is 30.3 Å². The van der Waals surface area contributed by atoms with E-state index in [0.29, 0.717) is 5.56 Å². The summed E-state index contributed by atoms with van der Waals surface area (Å²) in [6.07, 6.45) is 0.0610. The Hall–Kier alpha value is -2.73. The van der Waals surface area contributed by atoms with Crippen molar-refractivity contribution < 1.29 is 14.3 Å². The first-order valence-corrected chi connectivity index (χ1v) is 7.02. The lowest BCUT2D eigenvalue weighted by molar-refractivity contribution is 0.0697. The van der Waals surface area contributed by atoms with E-state index < -0.39 is 17.3 Å². The van der Waals surface area contributed by atoms with E-state index in [9.17, 15) is 14.0 Å². The highest BCUT2D eigenvalue weighted by Gasteiger charge is 2.10. The molecule has 0 saturated heterocycles. The zero-order chi connectivity index (χ0) is 16.6. The molecule has 2 aromatic carbocycles. The molecule has 0 amide bonds. The summed E-state index contributed by atoms with van der Waals surface area (Å²) >= 11 is 5.70. The van der Waals surface area contributed by atoms with E-state index in [2.05, 4.69) is 9.97 Å². The van der Waals surface area contributed by atoms with Crippen molar-refractivity contribution in [1.82, 2.24) is 9.97 Å². The number of rotatable bonds is 3. The molecular formula is C16H10ClFN2O3. The molecule has 0 aliphatic rings. The molecule has 7 heteroatoms. The Balaban J connectivity index is 2.07. The number of nitrogens with one attached hydrogen (secondary N) is 1. The van der Waals surface area contributed by atoms with Crippen LogP contribution in [0.1, 0.15) is 21.7 Å². The van der Waals surface area contributed by atoms with Gasteiger partial charge in [-0.15, -0.1) is 0 Å². The Labute approximate surface area is 134 Å². The third kappa shape index (κ3) is 3.07. The average Bonchev–Trinajstić information content (AvgIpc) is 2.49. The first kappa shape index (κ1) is 15.2. The number of H-pyrrole nitrogens is 1. The minimum atomic E-state index is -1.11. The number of halogens is 2. The summed E-state index contributed by atoms with van der Waals surface area (Å²) in [5.74, 6) is -1.37. The number of nitrogens with zero attached hydrogens (tertiary/aromatic N) is 1. The van der Waals surface area contributed by atoms with Crippen molar-refractivity contribution in [3.8, 4) is 0 Å². The summed E-state index contributed by atoms with van der Waals surface area (Å²) in [5, 5.41) is 9.55. The molecule has 0 spiro atoms. The lowest BCUT2D eigenvalue weighted by atomic mass is 10.1. The fourth-order valence-corrected chi connectivity index (χ4v) is 2.41. The Morgan fingerprint density at radius 2 is 2.04 bits per heavy atom. The highest BCUT2D eigenvalue weighted by Crippen LogP contribution is 2.17. The van der Waals surface area contributed by atoms with Crippen molar-refractivity contribution in [1.29, 1.82) is 0 Å². The number of fused-ring (bicyclic) bond motifs is 1. The molecule has 5 nitrogen and oxygen atoms in total. The van der Waals surface area contributed by atoms with Crippen molar-refractivity contribution in [3.63, 3.8) is 0 Å². The van der Waals surface area contributed by atoms with Gasteiger partial charge in [0, 0.05) is 11.4 Å². The Bertz CT molecular complexity index is 985. The summed E-state index contributed by atoms with van der Waals surface area (Å²) in [6.45, 7) is 0. The predicted octanol–water partition coefficient (Wildman–Crippen LogP) is 3.00. The van der Waals surface area contributed by atoms with E-state index in [-0.39, 0.29) is 33.7 Å². The van der Waals surface area contributed by atoms with Gasteiger partial charge in [0.15, 0.2) is 0 Å². The molecule has 1 aromatic heterocycles. The van der Waals surface area contributed by atoms with Crippen molar-refractivity contribution in [2.45, 2.75) is 6.42 Å². The third-order valence-electron chi connectivity index (χ3n) is 3.38. The summed E-state index contributed by atoms with van der Waals surface area (Å²) in [4.78, 5) is 29.9. The van der Waals surface area contributed by atoms with Gasteiger partial charge in [0.25, 0.3) is 5.56 Å². The predicted molar refractivity (Wildman–Crippen MR) is 83.5 cm³/mol. The molecule has 0 aliphatic carbocycles. The number of aromatic amines is 1. The van der Waals surface area contributed by atoms with Gasteiger partial charge in [-0.1, -0.05) is 17.7 Å². The molecule has 0 atom stereocenters. The Morgan fingerprint density at radius 3 is 2.74 bits per heavy atom. The van der Waals surface area contributed by atoms with Crippen molar-refractivity contribution >= 4 is 28.5 Å².